The van der Waals surface area contributed by atoms with Gasteiger partial charge < -0.3 is 20.5 Å². The van der Waals surface area contributed by atoms with Crippen LogP contribution >= 0.6 is 11.6 Å². The standard InChI is InChI=1S/C16H23ClN4O3/c1-10-8-18-15(17)21-13(10)20-11-6-16(23,7-11)9-19-14(22)12-4-2-3-5-24-12/h8,11-12,23H,2-7,9H2,1H3,(H,19,22)(H,18,20,21). The first kappa shape index (κ1) is 17.4. The lowest BCUT2D eigenvalue weighted by Gasteiger charge is -2.44. The molecular weight excluding hydrogens is 332 g/mol. The van der Waals surface area contributed by atoms with Crippen molar-refractivity contribution in [3.63, 3.8) is 0 Å². The van der Waals surface area contributed by atoms with Crippen molar-refractivity contribution in [2.24, 2.45) is 0 Å². The van der Waals surface area contributed by atoms with Gasteiger partial charge in [0.25, 0.3) is 0 Å². The van der Waals surface area contributed by atoms with Crippen molar-refractivity contribution in [2.75, 3.05) is 18.5 Å². The van der Waals surface area contributed by atoms with Crippen molar-refractivity contribution in [3.05, 3.63) is 17.0 Å². The largest absolute Gasteiger partial charge is 0.388 e. The summed E-state index contributed by atoms with van der Waals surface area (Å²) in [5, 5.41) is 16.7. The molecular formula is C16H23ClN4O3. The molecule has 0 spiro atoms. The number of nitrogens with one attached hydrogen (secondary N) is 2. The van der Waals surface area contributed by atoms with Crippen molar-refractivity contribution < 1.29 is 14.6 Å². The molecule has 1 saturated carbocycles. The molecule has 132 valence electrons. The van der Waals surface area contributed by atoms with Gasteiger partial charge in [0.1, 0.15) is 11.9 Å². The van der Waals surface area contributed by atoms with E-state index in [4.69, 9.17) is 16.3 Å². The van der Waals surface area contributed by atoms with Crippen LogP contribution in [0.25, 0.3) is 0 Å². The number of carbonyl (C=O) groups is 1. The maximum atomic E-state index is 12.0. The van der Waals surface area contributed by atoms with E-state index in [0.717, 1.165) is 24.8 Å². The van der Waals surface area contributed by atoms with E-state index in [9.17, 15) is 9.90 Å². The second kappa shape index (κ2) is 7.21. The number of anilines is 1. The topological polar surface area (TPSA) is 96.4 Å². The average molecular weight is 355 g/mol. The number of aromatic nitrogens is 2. The molecule has 7 nitrogen and oxygen atoms in total. The highest BCUT2D eigenvalue weighted by Crippen LogP contribution is 2.34. The van der Waals surface area contributed by atoms with E-state index in [1.54, 1.807) is 6.20 Å². The van der Waals surface area contributed by atoms with E-state index in [1.807, 2.05) is 6.92 Å². The molecule has 1 aromatic rings. The molecule has 2 fully saturated rings. The number of rotatable bonds is 5. The van der Waals surface area contributed by atoms with Crippen LogP contribution in [0.15, 0.2) is 6.20 Å². The Kier molecular flexibility index (Phi) is 5.22. The van der Waals surface area contributed by atoms with Crippen LogP contribution in [0.3, 0.4) is 0 Å². The number of aliphatic hydroxyl groups is 1. The van der Waals surface area contributed by atoms with Crippen LogP contribution in [-0.4, -0.2) is 51.9 Å². The Morgan fingerprint density at radius 1 is 1.50 bits per heavy atom. The van der Waals surface area contributed by atoms with Crippen molar-refractivity contribution >= 4 is 23.3 Å². The third kappa shape index (κ3) is 4.15. The lowest BCUT2D eigenvalue weighted by molar-refractivity contribution is -0.137. The van der Waals surface area contributed by atoms with Crippen molar-refractivity contribution in [1.29, 1.82) is 0 Å². The lowest BCUT2D eigenvalue weighted by atomic mass is 9.75. The molecule has 3 N–H and O–H groups in total. The van der Waals surface area contributed by atoms with Gasteiger partial charge in [0.05, 0.1) is 5.60 Å². The van der Waals surface area contributed by atoms with Crippen molar-refractivity contribution in [3.8, 4) is 0 Å². The number of hydrogen-bond acceptors (Lipinski definition) is 6. The zero-order valence-corrected chi connectivity index (χ0v) is 14.5. The summed E-state index contributed by atoms with van der Waals surface area (Å²) in [6, 6.07) is 0.0995. The SMILES string of the molecule is Cc1cnc(Cl)nc1NC1CC(O)(CNC(=O)C2CCCCO2)C1. The monoisotopic (exact) mass is 354 g/mol. The van der Waals surface area contributed by atoms with E-state index < -0.39 is 5.60 Å². The second-order valence-electron chi connectivity index (χ2n) is 6.72. The van der Waals surface area contributed by atoms with Crippen LogP contribution in [-0.2, 0) is 9.53 Å². The predicted molar refractivity (Wildman–Crippen MR) is 90.0 cm³/mol. The summed E-state index contributed by atoms with van der Waals surface area (Å²) in [7, 11) is 0. The fourth-order valence-electron chi connectivity index (χ4n) is 3.18. The number of halogens is 1. The maximum Gasteiger partial charge on any atom is 0.249 e. The molecule has 2 aliphatic rings. The van der Waals surface area contributed by atoms with E-state index in [1.165, 1.54) is 0 Å². The molecule has 2 heterocycles. The Balaban J connectivity index is 1.44. The maximum absolute atomic E-state index is 12.0. The number of ether oxygens (including phenoxy) is 1. The minimum Gasteiger partial charge on any atom is -0.388 e. The van der Waals surface area contributed by atoms with Gasteiger partial charge in [-0.3, -0.25) is 4.79 Å². The molecule has 3 rings (SSSR count). The van der Waals surface area contributed by atoms with Gasteiger partial charge in [0.2, 0.25) is 11.2 Å². The first-order valence-electron chi connectivity index (χ1n) is 8.33. The smallest absolute Gasteiger partial charge is 0.249 e. The predicted octanol–water partition coefficient (Wildman–Crippen LogP) is 1.43. The molecule has 0 radical (unpaired) electrons. The molecule has 1 saturated heterocycles. The number of amides is 1. The molecule has 8 heteroatoms. The van der Waals surface area contributed by atoms with Gasteiger partial charge in [-0.05, 0) is 50.6 Å². The number of nitrogens with zero attached hydrogens (tertiary/aromatic N) is 2. The van der Waals surface area contributed by atoms with Gasteiger partial charge in [-0.25, -0.2) is 9.97 Å². The highest BCUT2D eigenvalue weighted by Gasteiger charge is 2.43. The number of carbonyl (C=O) groups excluding carboxylic acids is 1. The van der Waals surface area contributed by atoms with E-state index >= 15 is 0 Å². The summed E-state index contributed by atoms with van der Waals surface area (Å²) in [6.45, 7) is 2.77. The highest BCUT2D eigenvalue weighted by molar-refractivity contribution is 6.28. The number of hydrogen-bond donors (Lipinski definition) is 3. The summed E-state index contributed by atoms with van der Waals surface area (Å²) in [4.78, 5) is 20.1. The molecule has 1 aromatic heterocycles. The third-order valence-electron chi connectivity index (χ3n) is 4.60. The van der Waals surface area contributed by atoms with E-state index in [0.29, 0.717) is 25.3 Å². The molecule has 0 bridgehead atoms. The number of aryl methyl sites for hydroxylation is 1. The fraction of sp³-hybridized carbons (Fsp3) is 0.688. The van der Waals surface area contributed by atoms with Crippen LogP contribution < -0.4 is 10.6 Å². The van der Waals surface area contributed by atoms with Gasteiger partial charge in [-0.1, -0.05) is 0 Å². The molecule has 1 amide bonds. The molecule has 1 unspecified atom stereocenters. The second-order valence-corrected chi connectivity index (χ2v) is 7.06. The molecule has 1 atom stereocenters. The van der Waals surface area contributed by atoms with Crippen LogP contribution in [0.1, 0.15) is 37.7 Å². The van der Waals surface area contributed by atoms with Gasteiger partial charge in [0.15, 0.2) is 0 Å². The quantitative estimate of drug-likeness (QED) is 0.692. The van der Waals surface area contributed by atoms with Crippen LogP contribution in [0.4, 0.5) is 5.82 Å². The summed E-state index contributed by atoms with van der Waals surface area (Å²) in [6.07, 6.45) is 5.14. The minimum atomic E-state index is -0.882. The fourth-order valence-corrected chi connectivity index (χ4v) is 3.31. The minimum absolute atomic E-state index is 0.0995. The first-order valence-corrected chi connectivity index (χ1v) is 8.70. The van der Waals surface area contributed by atoms with Crippen molar-refractivity contribution in [2.45, 2.75) is 56.8 Å². The molecule has 0 aromatic carbocycles. The summed E-state index contributed by atoms with van der Waals surface area (Å²) >= 11 is 5.80. The molecule has 24 heavy (non-hydrogen) atoms. The Morgan fingerprint density at radius 2 is 2.29 bits per heavy atom. The summed E-state index contributed by atoms with van der Waals surface area (Å²) < 4.78 is 5.45. The normalized spacial score (nSPS) is 29.6. The van der Waals surface area contributed by atoms with E-state index in [-0.39, 0.29) is 29.9 Å². The highest BCUT2D eigenvalue weighted by atomic mass is 35.5. The Hall–Kier alpha value is -1.44. The van der Waals surface area contributed by atoms with Crippen LogP contribution in [0.5, 0.6) is 0 Å². The Morgan fingerprint density at radius 3 is 3.00 bits per heavy atom. The summed E-state index contributed by atoms with van der Waals surface area (Å²) in [5.74, 6) is 0.555. The van der Waals surface area contributed by atoms with Crippen LogP contribution in [0.2, 0.25) is 5.28 Å². The van der Waals surface area contributed by atoms with Gasteiger partial charge in [-0.15, -0.1) is 0 Å². The van der Waals surface area contributed by atoms with Crippen LogP contribution in [0, 0.1) is 6.92 Å². The first-order chi connectivity index (χ1) is 11.5. The zero-order valence-electron chi connectivity index (χ0n) is 13.7. The van der Waals surface area contributed by atoms with Gasteiger partial charge >= 0.3 is 0 Å². The third-order valence-corrected chi connectivity index (χ3v) is 4.78. The lowest BCUT2D eigenvalue weighted by Crippen LogP contribution is -2.57. The van der Waals surface area contributed by atoms with Crippen molar-refractivity contribution in [1.82, 2.24) is 15.3 Å². The van der Waals surface area contributed by atoms with Gasteiger partial charge in [0, 0.05) is 31.0 Å². The van der Waals surface area contributed by atoms with E-state index in [2.05, 4.69) is 20.6 Å². The molecule has 1 aliphatic carbocycles. The Labute approximate surface area is 146 Å². The molecule has 1 aliphatic heterocycles. The van der Waals surface area contributed by atoms with Gasteiger partial charge in [-0.2, -0.15) is 0 Å². The Bertz CT molecular complexity index is 601. The zero-order chi connectivity index (χ0) is 17.2. The average Bonchev–Trinajstić information content (AvgIpc) is 2.55. The summed E-state index contributed by atoms with van der Waals surface area (Å²) in [5.41, 5.74) is 0.0183.